The van der Waals surface area contributed by atoms with Gasteiger partial charge in [0, 0.05) is 10.9 Å². The molecule has 0 spiro atoms. The van der Waals surface area contributed by atoms with E-state index >= 15 is 0 Å². The normalized spacial score (nSPS) is 13.0. The Kier molecular flexibility index (Phi) is 6.54. The van der Waals surface area contributed by atoms with Gasteiger partial charge in [0.15, 0.2) is 0 Å². The zero-order chi connectivity index (χ0) is 19.1. The lowest BCUT2D eigenvalue weighted by atomic mass is 10.2. The van der Waals surface area contributed by atoms with Gasteiger partial charge < -0.3 is 20.4 Å². The molecular formula is C19H21N3O4S. The highest BCUT2D eigenvalue weighted by atomic mass is 32.2. The Morgan fingerprint density at radius 1 is 1.04 bits per heavy atom. The number of hydrogen-bond donors (Lipinski definition) is 3. The van der Waals surface area contributed by atoms with E-state index in [0.29, 0.717) is 22.8 Å². The highest BCUT2D eigenvalue weighted by Crippen LogP contribution is 2.22. The Hall–Kier alpha value is -2.74. The summed E-state index contributed by atoms with van der Waals surface area (Å²) in [5.74, 6) is 0.175. The summed E-state index contributed by atoms with van der Waals surface area (Å²) in [6.07, 6.45) is 3.55. The largest absolute Gasteiger partial charge is 0.467 e. The number of rotatable bonds is 9. The molecule has 1 fully saturated rings. The molecule has 0 atom stereocenters. The van der Waals surface area contributed by atoms with Gasteiger partial charge in [-0.3, -0.25) is 14.4 Å². The molecule has 1 aromatic heterocycles. The van der Waals surface area contributed by atoms with E-state index in [0.717, 1.165) is 12.8 Å². The quantitative estimate of drug-likeness (QED) is 0.569. The van der Waals surface area contributed by atoms with Crippen molar-refractivity contribution in [1.82, 2.24) is 16.0 Å². The molecular weight excluding hydrogens is 366 g/mol. The van der Waals surface area contributed by atoms with Crippen molar-refractivity contribution in [3.63, 3.8) is 0 Å². The minimum absolute atomic E-state index is 0.0576. The van der Waals surface area contributed by atoms with Crippen molar-refractivity contribution >= 4 is 29.5 Å². The first-order valence-corrected chi connectivity index (χ1v) is 9.69. The summed E-state index contributed by atoms with van der Waals surface area (Å²) in [7, 11) is 0. The number of nitrogens with one attached hydrogen (secondary N) is 3. The lowest BCUT2D eigenvalue weighted by Crippen LogP contribution is -2.38. The molecule has 0 aliphatic heterocycles. The van der Waals surface area contributed by atoms with Crippen molar-refractivity contribution in [3.8, 4) is 0 Å². The molecule has 7 nitrogen and oxygen atoms in total. The van der Waals surface area contributed by atoms with Crippen LogP contribution in [0.3, 0.4) is 0 Å². The summed E-state index contributed by atoms with van der Waals surface area (Å²) in [6, 6.07) is 10.8. The van der Waals surface area contributed by atoms with E-state index in [1.807, 2.05) is 0 Å². The van der Waals surface area contributed by atoms with Gasteiger partial charge in [-0.25, -0.2) is 0 Å². The third kappa shape index (κ3) is 6.18. The number of carbonyl (C=O) groups excluding carboxylic acids is 3. The van der Waals surface area contributed by atoms with Crippen molar-refractivity contribution in [1.29, 1.82) is 0 Å². The lowest BCUT2D eigenvalue weighted by Gasteiger charge is -2.10. The molecule has 8 heteroatoms. The molecule has 142 valence electrons. The Labute approximate surface area is 161 Å². The third-order valence-corrected chi connectivity index (χ3v) is 4.96. The van der Waals surface area contributed by atoms with Crippen molar-refractivity contribution in [3.05, 3.63) is 54.0 Å². The molecule has 3 rings (SSSR count). The van der Waals surface area contributed by atoms with E-state index in [1.54, 1.807) is 42.7 Å². The van der Waals surface area contributed by atoms with Crippen LogP contribution in [0.25, 0.3) is 0 Å². The first-order valence-electron chi connectivity index (χ1n) is 8.70. The first-order chi connectivity index (χ1) is 13.1. The van der Waals surface area contributed by atoms with Crippen molar-refractivity contribution in [2.45, 2.75) is 30.3 Å². The number of hydrogen-bond acceptors (Lipinski definition) is 5. The molecule has 1 aliphatic rings. The summed E-state index contributed by atoms with van der Waals surface area (Å²) in [4.78, 5) is 36.8. The maximum absolute atomic E-state index is 12.4. The average molecular weight is 387 g/mol. The van der Waals surface area contributed by atoms with Crippen LogP contribution in [0.2, 0.25) is 0 Å². The second kappa shape index (κ2) is 9.27. The molecule has 1 aliphatic carbocycles. The summed E-state index contributed by atoms with van der Waals surface area (Å²) in [5, 5.41) is 8.21. The second-order valence-corrected chi connectivity index (χ2v) is 7.18. The van der Waals surface area contributed by atoms with Crippen LogP contribution in [0, 0.1) is 0 Å². The molecule has 3 amide bonds. The molecule has 0 unspecified atom stereocenters. The first kappa shape index (κ1) is 19.0. The molecule has 1 saturated carbocycles. The van der Waals surface area contributed by atoms with Gasteiger partial charge >= 0.3 is 0 Å². The fraction of sp³-hybridized carbons (Fsp3) is 0.316. The Balaban J connectivity index is 1.47. The minimum Gasteiger partial charge on any atom is -0.467 e. The molecule has 0 bridgehead atoms. The number of furan rings is 1. The number of carbonyl (C=O) groups is 3. The topological polar surface area (TPSA) is 100 Å². The monoisotopic (exact) mass is 387 g/mol. The van der Waals surface area contributed by atoms with Gasteiger partial charge in [0.1, 0.15) is 5.76 Å². The zero-order valence-electron chi connectivity index (χ0n) is 14.7. The van der Waals surface area contributed by atoms with Crippen LogP contribution < -0.4 is 16.0 Å². The molecule has 0 radical (unpaired) electrons. The van der Waals surface area contributed by atoms with Crippen LogP contribution in [-0.2, 0) is 16.1 Å². The van der Waals surface area contributed by atoms with E-state index < -0.39 is 0 Å². The van der Waals surface area contributed by atoms with Crippen molar-refractivity contribution in [2.75, 3.05) is 12.3 Å². The fourth-order valence-corrected chi connectivity index (χ4v) is 3.22. The standard InChI is InChI=1S/C19H21N3O4S/c23-17(22-13-7-8-13)11-21-19(25)15-5-1-2-6-16(15)27-12-18(24)20-10-14-4-3-9-26-14/h1-6,9,13H,7-8,10-12H2,(H,20,24)(H,21,25)(H,22,23). The van der Waals surface area contributed by atoms with Crippen LogP contribution >= 0.6 is 11.8 Å². The fourth-order valence-electron chi connectivity index (χ4n) is 2.34. The highest BCUT2D eigenvalue weighted by molar-refractivity contribution is 8.00. The average Bonchev–Trinajstić information content (AvgIpc) is 3.33. The Morgan fingerprint density at radius 3 is 2.59 bits per heavy atom. The number of thioether (sulfide) groups is 1. The predicted octanol–water partition coefficient (Wildman–Crippen LogP) is 1.70. The van der Waals surface area contributed by atoms with Crippen LogP contribution in [0.15, 0.2) is 52.0 Å². The SMILES string of the molecule is O=C(CSc1ccccc1C(=O)NCC(=O)NC1CC1)NCc1ccco1. The van der Waals surface area contributed by atoms with Crippen molar-refractivity contribution in [2.24, 2.45) is 0 Å². The third-order valence-electron chi connectivity index (χ3n) is 3.88. The smallest absolute Gasteiger partial charge is 0.252 e. The van der Waals surface area contributed by atoms with E-state index in [2.05, 4.69) is 16.0 Å². The molecule has 2 aromatic rings. The van der Waals surface area contributed by atoms with E-state index in [4.69, 9.17) is 4.42 Å². The minimum atomic E-state index is -0.333. The Morgan fingerprint density at radius 2 is 1.85 bits per heavy atom. The summed E-state index contributed by atoms with van der Waals surface area (Å²) >= 11 is 1.27. The lowest BCUT2D eigenvalue weighted by molar-refractivity contribution is -0.120. The second-order valence-electron chi connectivity index (χ2n) is 6.17. The van der Waals surface area contributed by atoms with Crippen LogP contribution in [0.5, 0.6) is 0 Å². The molecule has 0 saturated heterocycles. The molecule has 27 heavy (non-hydrogen) atoms. The maximum atomic E-state index is 12.4. The van der Waals surface area contributed by atoms with E-state index in [-0.39, 0.29) is 36.1 Å². The maximum Gasteiger partial charge on any atom is 0.252 e. The van der Waals surface area contributed by atoms with E-state index in [1.165, 1.54) is 11.8 Å². The van der Waals surface area contributed by atoms with Gasteiger partial charge in [-0.1, -0.05) is 12.1 Å². The van der Waals surface area contributed by atoms with Crippen molar-refractivity contribution < 1.29 is 18.8 Å². The van der Waals surface area contributed by atoms with Gasteiger partial charge in [-0.05, 0) is 37.1 Å². The molecule has 3 N–H and O–H groups in total. The molecule has 1 heterocycles. The Bertz CT molecular complexity index is 803. The summed E-state index contributed by atoms with van der Waals surface area (Å²) in [6.45, 7) is 0.266. The van der Waals surface area contributed by atoms with Crippen LogP contribution in [0.4, 0.5) is 0 Å². The van der Waals surface area contributed by atoms with Crippen LogP contribution in [0.1, 0.15) is 29.0 Å². The van der Waals surface area contributed by atoms with Gasteiger partial charge in [-0.15, -0.1) is 11.8 Å². The van der Waals surface area contributed by atoms with E-state index in [9.17, 15) is 14.4 Å². The van der Waals surface area contributed by atoms with Gasteiger partial charge in [0.2, 0.25) is 11.8 Å². The number of amides is 3. The van der Waals surface area contributed by atoms with Gasteiger partial charge in [0.25, 0.3) is 5.91 Å². The van der Waals surface area contributed by atoms with Crippen LogP contribution in [-0.4, -0.2) is 36.1 Å². The van der Waals surface area contributed by atoms with Gasteiger partial charge in [0.05, 0.1) is 30.7 Å². The molecule has 1 aromatic carbocycles. The summed E-state index contributed by atoms with van der Waals surface area (Å²) < 4.78 is 5.16. The summed E-state index contributed by atoms with van der Waals surface area (Å²) in [5.41, 5.74) is 0.445. The predicted molar refractivity (Wildman–Crippen MR) is 101 cm³/mol. The van der Waals surface area contributed by atoms with Gasteiger partial charge in [-0.2, -0.15) is 0 Å². The number of benzene rings is 1. The highest BCUT2D eigenvalue weighted by Gasteiger charge is 2.23. The zero-order valence-corrected chi connectivity index (χ0v) is 15.5.